The molecular formula is C9H16N+. The highest BCUT2D eigenvalue weighted by atomic mass is 15.3. The maximum Gasteiger partial charge on any atom is 0.207 e. The van der Waals surface area contributed by atoms with Gasteiger partial charge in [-0.2, -0.15) is 0 Å². The maximum absolute atomic E-state index is 6.04. The normalized spacial score (nSPS) is 24.1. The molecule has 1 saturated heterocycles. The second-order valence-electron chi connectivity index (χ2n) is 3.20. The van der Waals surface area contributed by atoms with E-state index in [0.29, 0.717) is 0 Å². The Labute approximate surface area is 63.9 Å². The third-order valence-electron chi connectivity index (χ3n) is 2.20. The van der Waals surface area contributed by atoms with Crippen molar-refractivity contribution in [2.45, 2.75) is 19.3 Å². The molecule has 0 saturated carbocycles. The quantitative estimate of drug-likeness (QED) is 0.403. The highest BCUT2D eigenvalue weighted by molar-refractivity contribution is 4.67. The van der Waals surface area contributed by atoms with Crippen LogP contribution in [0.3, 0.4) is 0 Å². The van der Waals surface area contributed by atoms with Crippen molar-refractivity contribution < 1.29 is 4.48 Å². The molecule has 0 aliphatic carbocycles. The molecular weight excluding hydrogens is 122 g/mol. The van der Waals surface area contributed by atoms with Gasteiger partial charge in [0.15, 0.2) is 0 Å². The highest BCUT2D eigenvalue weighted by Gasteiger charge is 2.23. The monoisotopic (exact) mass is 138 g/mol. The fourth-order valence-corrected chi connectivity index (χ4v) is 1.58. The van der Waals surface area contributed by atoms with Gasteiger partial charge in [-0.15, -0.1) is 0 Å². The van der Waals surface area contributed by atoms with Crippen molar-refractivity contribution in [2.24, 2.45) is 0 Å². The lowest BCUT2D eigenvalue weighted by Crippen LogP contribution is -2.45. The highest BCUT2D eigenvalue weighted by Crippen LogP contribution is 2.16. The largest absolute Gasteiger partial charge is 0.308 e. The van der Waals surface area contributed by atoms with Crippen molar-refractivity contribution >= 4 is 0 Å². The molecule has 56 valence electrons. The zero-order chi connectivity index (χ0) is 7.45. The third-order valence-corrected chi connectivity index (χ3v) is 2.20. The molecule has 0 atom stereocenters. The number of piperidine rings is 1. The van der Waals surface area contributed by atoms with Crippen molar-refractivity contribution in [1.82, 2.24) is 0 Å². The van der Waals surface area contributed by atoms with Crippen LogP contribution < -0.4 is 0 Å². The number of hydrogen-bond acceptors (Lipinski definition) is 0. The Morgan fingerprint density at radius 3 is 2.40 bits per heavy atom. The second-order valence-corrected chi connectivity index (χ2v) is 3.20. The minimum absolute atomic E-state index is 0.726. The average Bonchev–Trinajstić information content (AvgIpc) is 1.89. The summed E-state index contributed by atoms with van der Waals surface area (Å²) in [6.45, 7) is 6.90. The van der Waals surface area contributed by atoms with E-state index >= 15 is 0 Å². The zero-order valence-electron chi connectivity index (χ0n) is 6.55. The Morgan fingerprint density at radius 2 is 1.90 bits per heavy atom. The van der Waals surface area contributed by atoms with Gasteiger partial charge in [-0.3, -0.25) is 0 Å². The van der Waals surface area contributed by atoms with Crippen LogP contribution in [0.15, 0.2) is 12.7 Å². The number of likely N-dealkylation sites (tertiary alicyclic amines) is 1. The Morgan fingerprint density at radius 1 is 1.30 bits per heavy atom. The van der Waals surface area contributed by atoms with Gasteiger partial charge in [0.25, 0.3) is 0 Å². The fourth-order valence-electron chi connectivity index (χ4n) is 1.58. The number of hydrogen-bond donors (Lipinski definition) is 0. The number of quaternary nitrogens is 1. The molecule has 1 nitrogen and oxygen atoms in total. The van der Waals surface area contributed by atoms with Crippen LogP contribution in [0.4, 0.5) is 0 Å². The summed E-state index contributed by atoms with van der Waals surface area (Å²) in [6.07, 6.45) is 5.84. The second kappa shape index (κ2) is 3.20. The Kier molecular flexibility index (Phi) is 2.50. The summed E-state index contributed by atoms with van der Waals surface area (Å²) < 4.78 is 0.726. The van der Waals surface area contributed by atoms with E-state index in [0.717, 1.165) is 24.1 Å². The van der Waals surface area contributed by atoms with E-state index in [4.69, 9.17) is 7.05 Å². The molecule has 1 heteroatoms. The predicted molar refractivity (Wildman–Crippen MR) is 43.2 cm³/mol. The summed E-state index contributed by atoms with van der Waals surface area (Å²) in [6, 6.07) is 0. The van der Waals surface area contributed by atoms with Crippen LogP contribution >= 0.6 is 0 Å². The molecule has 0 aromatic rings. The molecule has 1 heterocycles. The van der Waals surface area contributed by atoms with Crippen LogP contribution in [0.25, 0.3) is 0 Å². The van der Waals surface area contributed by atoms with Gasteiger partial charge in [0, 0.05) is 0 Å². The first-order chi connectivity index (χ1) is 4.77. The summed E-state index contributed by atoms with van der Waals surface area (Å²) in [4.78, 5) is 0. The molecule has 1 rings (SSSR count). The van der Waals surface area contributed by atoms with Crippen LogP contribution in [-0.4, -0.2) is 24.1 Å². The third kappa shape index (κ3) is 1.84. The first kappa shape index (κ1) is 7.80. The van der Waals surface area contributed by atoms with Gasteiger partial charge < -0.3 is 4.48 Å². The lowest BCUT2D eigenvalue weighted by molar-refractivity contribution is -0.884. The maximum atomic E-state index is 6.04. The van der Waals surface area contributed by atoms with Crippen molar-refractivity contribution in [1.29, 1.82) is 0 Å². The van der Waals surface area contributed by atoms with Crippen molar-refractivity contribution in [3.63, 3.8) is 0 Å². The van der Waals surface area contributed by atoms with Crippen LogP contribution in [-0.2, 0) is 0 Å². The number of rotatable bonds is 2. The van der Waals surface area contributed by atoms with Gasteiger partial charge in [-0.05, 0) is 25.3 Å². The molecule has 0 aromatic heterocycles. The van der Waals surface area contributed by atoms with Gasteiger partial charge in [-0.25, -0.2) is 0 Å². The van der Waals surface area contributed by atoms with Crippen molar-refractivity contribution in [3.05, 3.63) is 19.7 Å². The Balaban J connectivity index is 2.39. The summed E-state index contributed by atoms with van der Waals surface area (Å²) >= 11 is 0. The molecule has 1 fully saturated rings. The molecule has 0 bridgehead atoms. The molecule has 0 N–H and O–H groups in total. The summed E-state index contributed by atoms with van der Waals surface area (Å²) in [5.74, 6) is 0. The smallest absolute Gasteiger partial charge is 0.207 e. The molecule has 0 amide bonds. The van der Waals surface area contributed by atoms with E-state index in [-0.39, 0.29) is 0 Å². The molecule has 0 spiro atoms. The summed E-state index contributed by atoms with van der Waals surface area (Å²) in [5.41, 5.74) is 0. The molecule has 10 heavy (non-hydrogen) atoms. The lowest BCUT2D eigenvalue weighted by atomic mass is 10.1. The Hall–Kier alpha value is -0.300. The lowest BCUT2D eigenvalue weighted by Gasteiger charge is -2.35. The van der Waals surface area contributed by atoms with Crippen LogP contribution in [0.5, 0.6) is 0 Å². The zero-order valence-corrected chi connectivity index (χ0v) is 6.55. The van der Waals surface area contributed by atoms with E-state index in [2.05, 4.69) is 6.58 Å². The van der Waals surface area contributed by atoms with E-state index in [1.807, 2.05) is 6.08 Å². The standard InChI is InChI=1S/C9H16N/c1-3-7-10(2)8-5-4-6-9-10/h2-3H,1,4-9H2/q+1. The van der Waals surface area contributed by atoms with E-state index in [9.17, 15) is 0 Å². The van der Waals surface area contributed by atoms with Gasteiger partial charge in [0.1, 0.15) is 0 Å². The van der Waals surface area contributed by atoms with Gasteiger partial charge in [0.05, 0.1) is 19.6 Å². The molecule has 0 unspecified atom stereocenters. The predicted octanol–water partition coefficient (Wildman–Crippen LogP) is 1.84. The molecule has 1 aliphatic heterocycles. The van der Waals surface area contributed by atoms with Gasteiger partial charge in [0.2, 0.25) is 7.05 Å². The minimum atomic E-state index is 0.726. The summed E-state index contributed by atoms with van der Waals surface area (Å²) in [7, 11) is 6.04. The van der Waals surface area contributed by atoms with Crippen molar-refractivity contribution in [2.75, 3.05) is 19.6 Å². The first-order valence-electron chi connectivity index (χ1n) is 4.02. The molecule has 0 aromatic carbocycles. The minimum Gasteiger partial charge on any atom is -0.308 e. The SMILES string of the molecule is [CH][N+]1(CC=C)CCCCC1. The van der Waals surface area contributed by atoms with Crippen LogP contribution in [0.2, 0.25) is 0 Å². The first-order valence-corrected chi connectivity index (χ1v) is 4.02. The topological polar surface area (TPSA) is 0 Å². The van der Waals surface area contributed by atoms with E-state index in [1.54, 1.807) is 0 Å². The van der Waals surface area contributed by atoms with Crippen molar-refractivity contribution in [3.8, 4) is 0 Å². The van der Waals surface area contributed by atoms with Gasteiger partial charge in [-0.1, -0.05) is 6.58 Å². The fraction of sp³-hybridized carbons (Fsp3) is 0.667. The Bertz CT molecular complexity index is 112. The van der Waals surface area contributed by atoms with Gasteiger partial charge >= 0.3 is 0 Å². The molecule has 1 aliphatic rings. The van der Waals surface area contributed by atoms with E-state index < -0.39 is 0 Å². The molecule has 2 radical (unpaired) electrons. The number of nitrogens with zero attached hydrogens (tertiary/aromatic N) is 1. The van der Waals surface area contributed by atoms with E-state index in [1.165, 1.54) is 19.3 Å². The summed E-state index contributed by atoms with van der Waals surface area (Å²) in [5, 5.41) is 0. The van der Waals surface area contributed by atoms with Crippen LogP contribution in [0.1, 0.15) is 19.3 Å². The van der Waals surface area contributed by atoms with Crippen LogP contribution in [0, 0.1) is 7.05 Å². The average molecular weight is 138 g/mol.